The largest absolute Gasteiger partial charge is 0.437 e. The molecule has 1 aromatic heterocycles. The van der Waals surface area contributed by atoms with Gasteiger partial charge in [-0.2, -0.15) is 0 Å². The quantitative estimate of drug-likeness (QED) is 0.907. The van der Waals surface area contributed by atoms with Gasteiger partial charge in [-0.3, -0.25) is 0 Å². The first-order valence-electron chi connectivity index (χ1n) is 7.01. The zero-order chi connectivity index (χ0) is 15.5. The molecule has 1 aliphatic rings. The summed E-state index contributed by atoms with van der Waals surface area (Å²) in [7, 11) is 0. The van der Waals surface area contributed by atoms with Crippen molar-refractivity contribution < 1.29 is 9.53 Å². The molecule has 2 heterocycles. The summed E-state index contributed by atoms with van der Waals surface area (Å²) in [5.41, 5.74) is -0.308. The Hall–Kier alpha value is -1.40. The van der Waals surface area contributed by atoms with Crippen molar-refractivity contribution in [2.75, 3.05) is 26.2 Å². The van der Waals surface area contributed by atoms with Crippen LogP contribution in [0, 0.1) is 5.41 Å². The number of ether oxygens (including phenoxy) is 1. The van der Waals surface area contributed by atoms with Crippen LogP contribution in [0.2, 0.25) is 5.02 Å². The van der Waals surface area contributed by atoms with Crippen molar-refractivity contribution >= 4 is 17.7 Å². The first-order chi connectivity index (χ1) is 9.88. The predicted octanol–water partition coefficient (Wildman–Crippen LogP) is 2.26. The molecule has 0 spiro atoms. The molecule has 116 valence electrons. The molecule has 1 unspecified atom stereocenters. The van der Waals surface area contributed by atoms with E-state index in [1.165, 1.54) is 12.4 Å². The first kappa shape index (κ1) is 16.0. The van der Waals surface area contributed by atoms with Gasteiger partial charge in [0.15, 0.2) is 11.9 Å². The molecular weight excluding hydrogens is 292 g/mol. The van der Waals surface area contributed by atoms with Crippen molar-refractivity contribution in [1.29, 1.82) is 0 Å². The minimum Gasteiger partial charge on any atom is -0.437 e. The van der Waals surface area contributed by atoms with E-state index in [4.69, 9.17) is 16.3 Å². The Labute approximate surface area is 129 Å². The maximum Gasteiger partial charge on any atom is 0.410 e. The number of nitrogens with one attached hydrogen (secondary N) is 1. The highest BCUT2D eigenvalue weighted by Gasteiger charge is 2.34. The van der Waals surface area contributed by atoms with Gasteiger partial charge in [0.1, 0.15) is 0 Å². The lowest BCUT2D eigenvalue weighted by Gasteiger charge is -2.33. The van der Waals surface area contributed by atoms with E-state index in [1.54, 1.807) is 4.90 Å². The Bertz CT molecular complexity index is 481. The first-order valence-corrected chi connectivity index (χ1v) is 7.39. The zero-order valence-electron chi connectivity index (χ0n) is 12.6. The summed E-state index contributed by atoms with van der Waals surface area (Å²) in [6, 6.07) is 0. The Kier molecular flexibility index (Phi) is 5.00. The predicted molar refractivity (Wildman–Crippen MR) is 80.2 cm³/mol. The highest BCUT2D eigenvalue weighted by Crippen LogP contribution is 2.34. The van der Waals surface area contributed by atoms with Gasteiger partial charge < -0.3 is 15.0 Å². The SMILES string of the molecule is CC(C)(C)C(OC(=O)N1CCNCC1)c1ncc(Cl)cn1. The average Bonchev–Trinajstić information content (AvgIpc) is 2.45. The van der Waals surface area contributed by atoms with Crippen LogP contribution in [0.15, 0.2) is 12.4 Å². The number of carbonyl (C=O) groups is 1. The lowest BCUT2D eigenvalue weighted by atomic mass is 9.88. The number of aromatic nitrogens is 2. The molecule has 1 N–H and O–H groups in total. The van der Waals surface area contributed by atoms with E-state index < -0.39 is 6.10 Å². The second kappa shape index (κ2) is 6.58. The van der Waals surface area contributed by atoms with Gasteiger partial charge in [0.25, 0.3) is 0 Å². The molecule has 1 aliphatic heterocycles. The van der Waals surface area contributed by atoms with Crippen molar-refractivity contribution in [2.24, 2.45) is 5.41 Å². The molecule has 1 saturated heterocycles. The number of halogens is 1. The summed E-state index contributed by atoms with van der Waals surface area (Å²) in [5.74, 6) is 0.468. The van der Waals surface area contributed by atoms with E-state index in [0.717, 1.165) is 13.1 Å². The molecule has 2 rings (SSSR count). The number of carbonyl (C=O) groups excluding carboxylic acids is 1. The number of piperazine rings is 1. The van der Waals surface area contributed by atoms with Crippen molar-refractivity contribution in [3.63, 3.8) is 0 Å². The van der Waals surface area contributed by atoms with Crippen molar-refractivity contribution in [2.45, 2.75) is 26.9 Å². The van der Waals surface area contributed by atoms with Gasteiger partial charge in [0, 0.05) is 44.0 Å². The number of hydrogen-bond acceptors (Lipinski definition) is 5. The minimum absolute atomic E-state index is 0.308. The third-order valence-electron chi connectivity index (χ3n) is 3.26. The fraction of sp³-hybridized carbons (Fsp3) is 0.643. The molecule has 1 aromatic rings. The van der Waals surface area contributed by atoms with Crippen LogP contribution in [-0.2, 0) is 4.74 Å². The topological polar surface area (TPSA) is 67.3 Å². The summed E-state index contributed by atoms with van der Waals surface area (Å²) in [5, 5.41) is 3.66. The maximum absolute atomic E-state index is 12.3. The molecule has 6 nitrogen and oxygen atoms in total. The fourth-order valence-corrected chi connectivity index (χ4v) is 2.19. The lowest BCUT2D eigenvalue weighted by molar-refractivity contribution is 0.00203. The molecule has 0 saturated carbocycles. The van der Waals surface area contributed by atoms with Crippen LogP contribution in [0.4, 0.5) is 4.79 Å². The number of rotatable bonds is 2. The summed E-state index contributed by atoms with van der Waals surface area (Å²) in [6.45, 7) is 8.83. The highest BCUT2D eigenvalue weighted by molar-refractivity contribution is 6.30. The second-order valence-electron chi connectivity index (χ2n) is 6.13. The molecule has 7 heteroatoms. The van der Waals surface area contributed by atoms with E-state index in [-0.39, 0.29) is 11.5 Å². The van der Waals surface area contributed by atoms with Gasteiger partial charge in [0.2, 0.25) is 0 Å². The molecule has 0 radical (unpaired) electrons. The standard InChI is InChI=1S/C14H21ClN4O2/c1-14(2,3)11(12-17-8-10(15)9-18-12)21-13(20)19-6-4-16-5-7-19/h8-9,11,16H,4-7H2,1-3H3. The van der Waals surface area contributed by atoms with E-state index in [2.05, 4.69) is 15.3 Å². The molecule has 0 aliphatic carbocycles. The molecule has 1 atom stereocenters. The average molecular weight is 313 g/mol. The van der Waals surface area contributed by atoms with Crippen LogP contribution >= 0.6 is 11.6 Å². The van der Waals surface area contributed by atoms with Crippen molar-refractivity contribution in [3.05, 3.63) is 23.2 Å². The third kappa shape index (κ3) is 4.28. The smallest absolute Gasteiger partial charge is 0.410 e. The van der Waals surface area contributed by atoms with Crippen LogP contribution in [0.1, 0.15) is 32.7 Å². The van der Waals surface area contributed by atoms with Crippen LogP contribution in [-0.4, -0.2) is 47.1 Å². The Morgan fingerprint density at radius 1 is 1.33 bits per heavy atom. The van der Waals surface area contributed by atoms with Crippen LogP contribution in [0.3, 0.4) is 0 Å². The summed E-state index contributed by atoms with van der Waals surface area (Å²) < 4.78 is 5.67. The van der Waals surface area contributed by atoms with E-state index in [9.17, 15) is 4.79 Å². The van der Waals surface area contributed by atoms with Gasteiger partial charge in [-0.1, -0.05) is 32.4 Å². The number of amides is 1. The van der Waals surface area contributed by atoms with Gasteiger partial charge >= 0.3 is 6.09 Å². The van der Waals surface area contributed by atoms with Gasteiger partial charge in [0.05, 0.1) is 5.02 Å². The Morgan fingerprint density at radius 2 is 1.90 bits per heavy atom. The molecule has 0 aromatic carbocycles. The van der Waals surface area contributed by atoms with Crippen molar-refractivity contribution in [3.8, 4) is 0 Å². The maximum atomic E-state index is 12.3. The lowest BCUT2D eigenvalue weighted by Crippen LogP contribution is -2.47. The molecule has 1 amide bonds. The fourth-order valence-electron chi connectivity index (χ4n) is 2.10. The van der Waals surface area contributed by atoms with Crippen LogP contribution in [0.5, 0.6) is 0 Å². The van der Waals surface area contributed by atoms with Crippen LogP contribution < -0.4 is 5.32 Å². The van der Waals surface area contributed by atoms with E-state index in [1.807, 2.05) is 20.8 Å². The zero-order valence-corrected chi connectivity index (χ0v) is 13.4. The minimum atomic E-state index is -0.517. The molecular formula is C14H21ClN4O2. The molecule has 21 heavy (non-hydrogen) atoms. The summed E-state index contributed by atoms with van der Waals surface area (Å²) in [4.78, 5) is 22.4. The Balaban J connectivity index is 2.13. The number of nitrogens with zero attached hydrogens (tertiary/aromatic N) is 3. The Morgan fingerprint density at radius 3 is 2.43 bits per heavy atom. The van der Waals surface area contributed by atoms with Gasteiger partial charge in [-0.05, 0) is 0 Å². The monoisotopic (exact) mass is 312 g/mol. The second-order valence-corrected chi connectivity index (χ2v) is 6.56. The summed E-state index contributed by atoms with van der Waals surface area (Å²) >= 11 is 5.81. The van der Waals surface area contributed by atoms with E-state index in [0.29, 0.717) is 23.9 Å². The number of hydrogen-bond donors (Lipinski definition) is 1. The molecule has 0 bridgehead atoms. The van der Waals surface area contributed by atoms with Crippen molar-refractivity contribution in [1.82, 2.24) is 20.2 Å². The third-order valence-corrected chi connectivity index (χ3v) is 3.45. The summed E-state index contributed by atoms with van der Waals surface area (Å²) in [6.07, 6.45) is 2.19. The molecule has 1 fully saturated rings. The van der Waals surface area contributed by atoms with Gasteiger partial charge in [-0.15, -0.1) is 0 Å². The van der Waals surface area contributed by atoms with Crippen LogP contribution in [0.25, 0.3) is 0 Å². The van der Waals surface area contributed by atoms with E-state index >= 15 is 0 Å². The highest BCUT2D eigenvalue weighted by atomic mass is 35.5. The normalized spacial score (nSPS) is 17.4. The van der Waals surface area contributed by atoms with Gasteiger partial charge in [-0.25, -0.2) is 14.8 Å².